The zero-order valence-electron chi connectivity index (χ0n) is 9.81. The molecule has 0 amide bonds. The van der Waals surface area contributed by atoms with Crippen LogP contribution in [0, 0.1) is 0 Å². The monoisotopic (exact) mass is 263 g/mol. The van der Waals surface area contributed by atoms with E-state index < -0.39 is 6.10 Å². The number of benzene rings is 1. The van der Waals surface area contributed by atoms with Gasteiger partial charge in [-0.1, -0.05) is 12.1 Å². The van der Waals surface area contributed by atoms with Crippen molar-refractivity contribution in [1.82, 2.24) is 0 Å². The fourth-order valence-corrected chi connectivity index (χ4v) is 1.56. The molecule has 0 spiro atoms. The van der Waals surface area contributed by atoms with Crippen molar-refractivity contribution in [2.75, 3.05) is 13.2 Å². The molecule has 0 aliphatic heterocycles. The summed E-state index contributed by atoms with van der Waals surface area (Å²) in [6, 6.07) is 6.47. The number of hydrogen-bond acceptors (Lipinski definition) is 2. The van der Waals surface area contributed by atoms with Crippen molar-refractivity contribution in [2.24, 2.45) is 0 Å². The summed E-state index contributed by atoms with van der Waals surface area (Å²) < 4.78 is 11.9. The summed E-state index contributed by atoms with van der Waals surface area (Å²) >= 11 is 0. The highest BCUT2D eigenvalue weighted by atomic mass is 35.5. The first kappa shape index (κ1) is 16.2. The van der Waals surface area contributed by atoms with Gasteiger partial charge in [0.2, 0.25) is 0 Å². The van der Waals surface area contributed by atoms with Crippen LogP contribution in [0.4, 0.5) is 4.39 Å². The molecule has 98 valence electrons. The van der Waals surface area contributed by atoms with Crippen LogP contribution >= 0.6 is 0 Å². The summed E-state index contributed by atoms with van der Waals surface area (Å²) in [7, 11) is 0. The maximum absolute atomic E-state index is 11.9. The standard InChI is InChI=1S/C12H18FNO2.ClH/c1-9(14-8-2-7-13)12(16)10-3-5-11(15)6-4-10;/h3-6,9,12,14-16H,2,7-8H2,1H3;1H. The van der Waals surface area contributed by atoms with Crippen molar-refractivity contribution in [2.45, 2.75) is 25.5 Å². The molecule has 2 unspecified atom stereocenters. The number of rotatable bonds is 6. The van der Waals surface area contributed by atoms with E-state index in [0.29, 0.717) is 13.0 Å². The van der Waals surface area contributed by atoms with E-state index in [1.165, 1.54) is 0 Å². The fourth-order valence-electron chi connectivity index (χ4n) is 1.56. The average molecular weight is 264 g/mol. The first-order valence-corrected chi connectivity index (χ1v) is 5.51. The maximum Gasteiger partial charge on any atom is 0.130 e. The molecule has 1 rings (SSSR count). The number of hydrogen-bond donors (Lipinski definition) is 3. The third-order valence-electron chi connectivity index (χ3n) is 2.61. The smallest absolute Gasteiger partial charge is 0.130 e. The number of aliphatic hydroxyl groups is 1. The highest BCUT2D eigenvalue weighted by Crippen LogP contribution is 2.17. The molecule has 0 saturated heterocycles. The average Bonchev–Trinajstić information content (AvgIpc) is 2.29. The molecule has 0 aliphatic rings. The molecule has 1 aromatic carbocycles. The minimum atomic E-state index is -0.597. The summed E-state index contributed by atoms with van der Waals surface area (Å²) in [5, 5.41) is 21.0. The van der Waals surface area contributed by atoms with Gasteiger partial charge >= 0.3 is 0 Å². The molecule has 3 nitrogen and oxygen atoms in total. The first-order valence-electron chi connectivity index (χ1n) is 5.51. The Hall–Kier alpha value is -0.840. The molecule has 0 fully saturated rings. The van der Waals surface area contributed by atoms with Crippen LogP contribution in [0.15, 0.2) is 24.3 Å². The molecule has 5 heteroatoms. The van der Waals surface area contributed by atoms with Gasteiger partial charge in [0, 0.05) is 6.42 Å². The predicted octanol–water partition coefficient (Wildman–Crippen LogP) is -2.26. The van der Waals surface area contributed by atoms with Crippen LogP contribution in [0.3, 0.4) is 0 Å². The lowest BCUT2D eigenvalue weighted by Crippen LogP contribution is -3.00. The van der Waals surface area contributed by atoms with Crippen molar-refractivity contribution in [3.8, 4) is 5.75 Å². The van der Waals surface area contributed by atoms with Gasteiger partial charge in [-0.15, -0.1) is 0 Å². The number of phenols is 1. The molecular formula is C12H19ClFNO2. The van der Waals surface area contributed by atoms with Crippen molar-refractivity contribution in [1.29, 1.82) is 0 Å². The molecule has 0 saturated carbocycles. The molecule has 0 radical (unpaired) electrons. The van der Waals surface area contributed by atoms with Crippen LogP contribution in [0.2, 0.25) is 0 Å². The Labute approximate surface area is 107 Å². The molecule has 4 N–H and O–H groups in total. The molecule has 0 bridgehead atoms. The third-order valence-corrected chi connectivity index (χ3v) is 2.61. The summed E-state index contributed by atoms with van der Waals surface area (Å²) in [5.74, 6) is 0.185. The van der Waals surface area contributed by atoms with E-state index in [4.69, 9.17) is 5.11 Å². The topological polar surface area (TPSA) is 57.1 Å². The van der Waals surface area contributed by atoms with Crippen LogP contribution in [0.1, 0.15) is 25.0 Å². The zero-order valence-corrected chi connectivity index (χ0v) is 10.6. The lowest BCUT2D eigenvalue weighted by molar-refractivity contribution is -0.694. The van der Waals surface area contributed by atoms with Crippen molar-refractivity contribution in [3.63, 3.8) is 0 Å². The molecule has 0 aromatic heterocycles. The second-order valence-electron chi connectivity index (χ2n) is 3.96. The summed E-state index contributed by atoms with van der Waals surface area (Å²) in [6.07, 6.45) is -0.0904. The van der Waals surface area contributed by atoms with Crippen LogP contribution in [-0.2, 0) is 0 Å². The molecule has 2 atom stereocenters. The molecule has 0 heterocycles. The van der Waals surface area contributed by atoms with Crippen molar-refractivity contribution < 1.29 is 32.3 Å². The SMILES string of the molecule is CC([NH2+]CCCF)C(O)c1ccc(O)cc1.[Cl-]. The van der Waals surface area contributed by atoms with Gasteiger partial charge in [-0.3, -0.25) is 4.39 Å². The number of aromatic hydroxyl groups is 1. The van der Waals surface area contributed by atoms with E-state index in [1.54, 1.807) is 24.3 Å². The predicted molar refractivity (Wildman–Crippen MR) is 59.9 cm³/mol. The number of aliphatic hydroxyl groups excluding tert-OH is 1. The zero-order chi connectivity index (χ0) is 12.0. The van der Waals surface area contributed by atoms with Gasteiger partial charge < -0.3 is 27.9 Å². The van der Waals surface area contributed by atoms with Crippen molar-refractivity contribution >= 4 is 0 Å². The lowest BCUT2D eigenvalue weighted by Gasteiger charge is -2.17. The Morgan fingerprint density at radius 1 is 1.29 bits per heavy atom. The Morgan fingerprint density at radius 3 is 2.41 bits per heavy atom. The van der Waals surface area contributed by atoms with Gasteiger partial charge in [-0.05, 0) is 24.6 Å². The maximum atomic E-state index is 11.9. The van der Waals surface area contributed by atoms with Gasteiger partial charge in [0.1, 0.15) is 17.9 Å². The minimum absolute atomic E-state index is 0. The summed E-state index contributed by atoms with van der Waals surface area (Å²) in [4.78, 5) is 0. The second kappa shape index (κ2) is 8.28. The van der Waals surface area contributed by atoms with E-state index in [0.717, 1.165) is 5.56 Å². The van der Waals surface area contributed by atoms with Crippen LogP contribution in [0.5, 0.6) is 5.75 Å². The van der Waals surface area contributed by atoms with Crippen LogP contribution < -0.4 is 17.7 Å². The van der Waals surface area contributed by atoms with Gasteiger partial charge in [-0.2, -0.15) is 0 Å². The highest BCUT2D eigenvalue weighted by Gasteiger charge is 2.18. The molecular weight excluding hydrogens is 245 g/mol. The summed E-state index contributed by atoms with van der Waals surface area (Å²) in [5.41, 5.74) is 0.766. The van der Waals surface area contributed by atoms with Gasteiger partial charge in [-0.25, -0.2) is 0 Å². The van der Waals surface area contributed by atoms with Gasteiger partial charge in [0.15, 0.2) is 0 Å². The fraction of sp³-hybridized carbons (Fsp3) is 0.500. The van der Waals surface area contributed by atoms with E-state index in [-0.39, 0.29) is 30.9 Å². The number of phenolic OH excluding ortho intramolecular Hbond substituents is 1. The first-order chi connectivity index (χ1) is 7.65. The quantitative estimate of drug-likeness (QED) is 0.508. The van der Waals surface area contributed by atoms with Crippen molar-refractivity contribution in [3.05, 3.63) is 29.8 Å². The Kier molecular flexibility index (Phi) is 7.87. The Balaban J connectivity index is 0.00000256. The largest absolute Gasteiger partial charge is 1.00 e. The highest BCUT2D eigenvalue weighted by molar-refractivity contribution is 5.27. The number of alkyl halides is 1. The molecule has 0 aliphatic carbocycles. The van der Waals surface area contributed by atoms with Gasteiger partial charge in [0.25, 0.3) is 0 Å². The van der Waals surface area contributed by atoms with E-state index >= 15 is 0 Å². The summed E-state index contributed by atoms with van der Waals surface area (Å²) in [6.45, 7) is 2.25. The second-order valence-corrected chi connectivity index (χ2v) is 3.96. The lowest BCUT2D eigenvalue weighted by atomic mass is 10.0. The van der Waals surface area contributed by atoms with E-state index in [1.807, 2.05) is 12.2 Å². The van der Waals surface area contributed by atoms with Crippen LogP contribution in [0.25, 0.3) is 0 Å². The van der Waals surface area contributed by atoms with Gasteiger partial charge in [0.05, 0.1) is 13.2 Å². The Morgan fingerprint density at radius 2 is 1.88 bits per heavy atom. The third kappa shape index (κ3) is 5.35. The Bertz CT molecular complexity index is 308. The molecule has 17 heavy (non-hydrogen) atoms. The van der Waals surface area contributed by atoms with E-state index in [9.17, 15) is 9.50 Å². The number of halogens is 2. The van der Waals surface area contributed by atoms with Crippen LogP contribution in [-0.4, -0.2) is 29.5 Å². The minimum Gasteiger partial charge on any atom is -1.00 e. The number of quaternary nitrogens is 1. The number of nitrogens with two attached hydrogens (primary N) is 1. The van der Waals surface area contributed by atoms with E-state index in [2.05, 4.69) is 0 Å². The normalized spacial score (nSPS) is 13.8. The molecule has 1 aromatic rings.